The molecule has 31 heavy (non-hydrogen) atoms. The van der Waals surface area contributed by atoms with Gasteiger partial charge in [0.15, 0.2) is 9.84 Å². The predicted octanol–water partition coefficient (Wildman–Crippen LogP) is 5.39. The first-order chi connectivity index (χ1) is 14.8. The van der Waals surface area contributed by atoms with Crippen molar-refractivity contribution in [2.45, 2.75) is 45.2 Å². The maximum absolute atomic E-state index is 13.4. The van der Waals surface area contributed by atoms with Crippen LogP contribution in [-0.4, -0.2) is 43.4 Å². The van der Waals surface area contributed by atoms with Crippen LogP contribution in [0.5, 0.6) is 5.75 Å². The van der Waals surface area contributed by atoms with Crippen LogP contribution in [0.2, 0.25) is 10.0 Å². The van der Waals surface area contributed by atoms with E-state index in [9.17, 15) is 13.2 Å². The Hall–Kier alpha value is -1.76. The molecule has 1 saturated heterocycles. The minimum atomic E-state index is -3.16. The summed E-state index contributed by atoms with van der Waals surface area (Å²) in [6.07, 6.45) is 3.64. The molecule has 1 atom stereocenters. The highest BCUT2D eigenvalue weighted by molar-refractivity contribution is 7.91. The van der Waals surface area contributed by atoms with E-state index in [4.69, 9.17) is 27.9 Å². The molecule has 0 spiro atoms. The van der Waals surface area contributed by atoms with Crippen molar-refractivity contribution in [1.29, 1.82) is 0 Å². The number of amides is 1. The minimum Gasteiger partial charge on any atom is -0.494 e. The number of nitrogens with zero attached hydrogens (tertiary/aromatic N) is 1. The van der Waals surface area contributed by atoms with Gasteiger partial charge in [0.1, 0.15) is 5.75 Å². The summed E-state index contributed by atoms with van der Waals surface area (Å²) in [5, 5.41) is 0.951. The fourth-order valence-electron chi connectivity index (χ4n) is 3.62. The smallest absolute Gasteiger partial charge is 0.254 e. The van der Waals surface area contributed by atoms with Gasteiger partial charge in [-0.1, -0.05) is 49.0 Å². The van der Waals surface area contributed by atoms with E-state index in [-0.39, 0.29) is 24.0 Å². The number of carbonyl (C=O) groups is 1. The van der Waals surface area contributed by atoms with Gasteiger partial charge < -0.3 is 9.64 Å². The number of sulfone groups is 1. The van der Waals surface area contributed by atoms with E-state index in [1.807, 2.05) is 0 Å². The molecule has 0 bridgehead atoms. The van der Waals surface area contributed by atoms with Gasteiger partial charge >= 0.3 is 0 Å². The summed E-state index contributed by atoms with van der Waals surface area (Å²) in [7, 11) is -3.16. The third-order valence-electron chi connectivity index (χ3n) is 5.38. The Kier molecular flexibility index (Phi) is 8.25. The first-order valence-electron chi connectivity index (χ1n) is 10.5. The zero-order valence-corrected chi connectivity index (χ0v) is 19.8. The van der Waals surface area contributed by atoms with Crippen LogP contribution in [0.25, 0.3) is 0 Å². The van der Waals surface area contributed by atoms with Crippen LogP contribution in [0.3, 0.4) is 0 Å². The van der Waals surface area contributed by atoms with Crippen molar-refractivity contribution < 1.29 is 17.9 Å². The molecule has 5 nitrogen and oxygen atoms in total. The minimum absolute atomic E-state index is 0.0391. The van der Waals surface area contributed by atoms with Gasteiger partial charge in [0.2, 0.25) is 0 Å². The normalized spacial score (nSPS) is 17.5. The standard InChI is InChI=1S/C23H27Cl2NO4S/c1-2-3-4-12-30-21-9-6-17(7-10-21)23(27)26(20-11-13-31(28,29)16-20)15-18-5-8-19(24)14-22(18)25/h5-10,14,20H,2-4,11-13,15-16H2,1H3/t20-/m1/s1. The van der Waals surface area contributed by atoms with Gasteiger partial charge in [-0.15, -0.1) is 0 Å². The van der Waals surface area contributed by atoms with Crippen molar-refractivity contribution in [3.05, 3.63) is 63.6 Å². The Bertz CT molecular complexity index is 1010. The second kappa shape index (κ2) is 10.7. The highest BCUT2D eigenvalue weighted by Gasteiger charge is 2.35. The molecular formula is C23H27Cl2NO4S. The Labute approximate surface area is 194 Å². The van der Waals surface area contributed by atoms with Crippen LogP contribution in [0.4, 0.5) is 0 Å². The number of ether oxygens (including phenoxy) is 1. The van der Waals surface area contributed by atoms with Crippen LogP contribution in [0.15, 0.2) is 42.5 Å². The Morgan fingerprint density at radius 3 is 2.48 bits per heavy atom. The third kappa shape index (κ3) is 6.61. The summed E-state index contributed by atoms with van der Waals surface area (Å²) in [6.45, 7) is 2.99. The molecule has 1 fully saturated rings. The number of halogens is 2. The number of hydrogen-bond acceptors (Lipinski definition) is 4. The number of rotatable bonds is 9. The average molecular weight is 484 g/mol. The van der Waals surface area contributed by atoms with Crippen molar-refractivity contribution in [1.82, 2.24) is 4.90 Å². The summed E-state index contributed by atoms with van der Waals surface area (Å²) in [4.78, 5) is 15.0. The van der Waals surface area contributed by atoms with E-state index in [0.717, 1.165) is 24.8 Å². The molecule has 2 aromatic rings. The second-order valence-corrected chi connectivity index (χ2v) is 10.9. The monoisotopic (exact) mass is 483 g/mol. The lowest BCUT2D eigenvalue weighted by molar-refractivity contribution is 0.0681. The Balaban J connectivity index is 1.78. The summed E-state index contributed by atoms with van der Waals surface area (Å²) in [5.41, 5.74) is 1.20. The first kappa shape index (κ1) is 23.9. The predicted molar refractivity (Wildman–Crippen MR) is 125 cm³/mol. The summed E-state index contributed by atoms with van der Waals surface area (Å²) < 4.78 is 29.8. The van der Waals surface area contributed by atoms with Crippen molar-refractivity contribution in [3.8, 4) is 5.75 Å². The number of benzene rings is 2. The van der Waals surface area contributed by atoms with E-state index >= 15 is 0 Å². The largest absolute Gasteiger partial charge is 0.494 e. The highest BCUT2D eigenvalue weighted by Crippen LogP contribution is 2.27. The summed E-state index contributed by atoms with van der Waals surface area (Å²) >= 11 is 12.3. The van der Waals surface area contributed by atoms with E-state index in [1.165, 1.54) is 0 Å². The fourth-order valence-corrected chi connectivity index (χ4v) is 5.82. The first-order valence-corrected chi connectivity index (χ1v) is 13.0. The zero-order valence-electron chi connectivity index (χ0n) is 17.5. The topological polar surface area (TPSA) is 63.7 Å². The van der Waals surface area contributed by atoms with E-state index in [1.54, 1.807) is 47.4 Å². The molecule has 1 amide bonds. The van der Waals surface area contributed by atoms with Crippen molar-refractivity contribution in [2.75, 3.05) is 18.1 Å². The molecule has 1 aliphatic heterocycles. The van der Waals surface area contributed by atoms with E-state index in [0.29, 0.717) is 34.4 Å². The van der Waals surface area contributed by atoms with Crippen LogP contribution in [0, 0.1) is 0 Å². The maximum Gasteiger partial charge on any atom is 0.254 e. The SMILES string of the molecule is CCCCCOc1ccc(C(=O)N(Cc2ccc(Cl)cc2Cl)[C@@H]2CCS(=O)(=O)C2)cc1. The molecule has 1 heterocycles. The molecule has 1 aliphatic rings. The molecule has 0 unspecified atom stereocenters. The van der Waals surface area contributed by atoms with Crippen molar-refractivity contribution >= 4 is 38.9 Å². The number of hydrogen-bond donors (Lipinski definition) is 0. The number of unbranched alkanes of at least 4 members (excludes halogenated alkanes) is 2. The Morgan fingerprint density at radius 1 is 1.13 bits per heavy atom. The molecular weight excluding hydrogens is 457 g/mol. The van der Waals surface area contributed by atoms with Gasteiger partial charge in [-0.3, -0.25) is 4.79 Å². The van der Waals surface area contributed by atoms with Gasteiger partial charge in [-0.25, -0.2) is 8.42 Å². The van der Waals surface area contributed by atoms with Gasteiger partial charge in [0, 0.05) is 28.2 Å². The van der Waals surface area contributed by atoms with Crippen LogP contribution in [-0.2, 0) is 16.4 Å². The third-order valence-corrected chi connectivity index (χ3v) is 7.72. The molecule has 8 heteroatoms. The lowest BCUT2D eigenvalue weighted by Crippen LogP contribution is -2.40. The van der Waals surface area contributed by atoms with Gasteiger partial charge in [0.25, 0.3) is 5.91 Å². The van der Waals surface area contributed by atoms with Crippen LogP contribution in [0.1, 0.15) is 48.5 Å². The summed E-state index contributed by atoms with van der Waals surface area (Å²) in [5.74, 6) is 0.525. The van der Waals surface area contributed by atoms with Gasteiger partial charge in [0.05, 0.1) is 18.1 Å². The van der Waals surface area contributed by atoms with Crippen molar-refractivity contribution in [2.24, 2.45) is 0 Å². The second-order valence-electron chi connectivity index (χ2n) is 7.81. The van der Waals surface area contributed by atoms with Gasteiger partial charge in [-0.2, -0.15) is 0 Å². The molecule has 0 aromatic heterocycles. The van der Waals surface area contributed by atoms with Crippen molar-refractivity contribution in [3.63, 3.8) is 0 Å². The van der Waals surface area contributed by atoms with Crippen LogP contribution >= 0.6 is 23.2 Å². The quantitative estimate of drug-likeness (QED) is 0.448. The highest BCUT2D eigenvalue weighted by atomic mass is 35.5. The van der Waals surface area contributed by atoms with Gasteiger partial charge in [-0.05, 0) is 54.8 Å². The zero-order chi connectivity index (χ0) is 22.4. The van der Waals surface area contributed by atoms with Crippen LogP contribution < -0.4 is 4.74 Å². The average Bonchev–Trinajstić information content (AvgIpc) is 3.10. The lowest BCUT2D eigenvalue weighted by atomic mass is 10.1. The molecule has 0 radical (unpaired) electrons. The molecule has 0 aliphatic carbocycles. The molecule has 3 rings (SSSR count). The Morgan fingerprint density at radius 2 is 1.87 bits per heavy atom. The molecule has 168 valence electrons. The summed E-state index contributed by atoms with van der Waals surface area (Å²) in [6, 6.07) is 11.7. The van der Waals surface area contributed by atoms with E-state index < -0.39 is 15.9 Å². The lowest BCUT2D eigenvalue weighted by Gasteiger charge is -2.29. The fraction of sp³-hybridized carbons (Fsp3) is 0.435. The molecule has 0 N–H and O–H groups in total. The maximum atomic E-state index is 13.4. The molecule has 0 saturated carbocycles. The van der Waals surface area contributed by atoms with E-state index in [2.05, 4.69) is 6.92 Å². The number of carbonyl (C=O) groups excluding carboxylic acids is 1. The molecule has 2 aromatic carbocycles.